The Balaban J connectivity index is 0.000000254. The molecule has 2 unspecified atom stereocenters. The summed E-state index contributed by atoms with van der Waals surface area (Å²) in [6, 6.07) is 32.1. The van der Waals surface area contributed by atoms with E-state index in [4.69, 9.17) is 14.2 Å². The first-order chi connectivity index (χ1) is 33.2. The van der Waals surface area contributed by atoms with E-state index in [9.17, 15) is 28.0 Å². The molecule has 4 aromatic rings. The number of piperidine rings is 3. The van der Waals surface area contributed by atoms with E-state index in [1.165, 1.54) is 41.8 Å². The van der Waals surface area contributed by atoms with Gasteiger partial charge in [0.05, 0.1) is 13.2 Å². The van der Waals surface area contributed by atoms with Gasteiger partial charge >= 0.3 is 12.2 Å². The molecular weight excluding hydrogens is 938 g/mol. The molecule has 4 saturated heterocycles. The Morgan fingerprint density at radius 1 is 0.500 bits per heavy atom. The van der Waals surface area contributed by atoms with Crippen molar-refractivity contribution >= 4 is 48.6 Å². The molecule has 0 saturated carbocycles. The van der Waals surface area contributed by atoms with Crippen molar-refractivity contribution in [2.24, 2.45) is 11.8 Å². The molecule has 2 atom stereocenters. The zero-order valence-electron chi connectivity index (χ0n) is 40.2. The van der Waals surface area contributed by atoms with E-state index in [0.29, 0.717) is 50.5 Å². The van der Waals surface area contributed by atoms with Crippen LogP contribution in [0.3, 0.4) is 0 Å². The van der Waals surface area contributed by atoms with Crippen LogP contribution in [0.4, 0.5) is 18.4 Å². The summed E-state index contributed by atoms with van der Waals surface area (Å²) in [6.45, 7) is 8.22. The maximum Gasteiger partial charge on any atom is 0.410 e. The predicted molar refractivity (Wildman–Crippen MR) is 272 cm³/mol. The van der Waals surface area contributed by atoms with Crippen LogP contribution in [0.5, 0.6) is 0 Å². The van der Waals surface area contributed by atoms with Gasteiger partial charge in [0.2, 0.25) is 0 Å². The molecule has 4 aromatic carbocycles. The Morgan fingerprint density at radius 2 is 0.871 bits per heavy atom. The fourth-order valence-corrected chi connectivity index (χ4v) is 9.61. The number of hydrogen-bond acceptors (Lipinski definition) is 9. The second-order valence-corrected chi connectivity index (χ2v) is 18.6. The fraction of sp³-hybridized carbons (Fsp3) is 0.491. The first-order valence-electron chi connectivity index (χ1n) is 24.8. The quantitative estimate of drug-likeness (QED) is 0.101. The van der Waals surface area contributed by atoms with Crippen molar-refractivity contribution < 1.29 is 42.2 Å². The molecule has 0 aliphatic carbocycles. The second kappa shape index (κ2) is 29.4. The molecule has 380 valence electrons. The van der Waals surface area contributed by atoms with Gasteiger partial charge in [0.25, 0.3) is 0 Å². The Kier molecular flexibility index (Phi) is 23.5. The molecule has 4 heterocycles. The average Bonchev–Trinajstić information content (AvgIpc) is 3.39. The summed E-state index contributed by atoms with van der Waals surface area (Å²) < 4.78 is 43.7. The SMILES string of the molecule is Cl.Cl.O=C(c1ccc(F)cc1)C1CCN(CC(CCc2ccccc2)OC(=O)N2CCCCC2)CC1.O=C(c1ccc(F)cc1)C1CCN(CC(CCc2ccccc2)OC(=O)N2CCOCC2)CC1. The van der Waals surface area contributed by atoms with Gasteiger partial charge < -0.3 is 24.0 Å². The lowest BCUT2D eigenvalue weighted by Crippen LogP contribution is -2.45. The third-order valence-electron chi connectivity index (χ3n) is 13.7. The number of rotatable bonds is 16. The molecule has 70 heavy (non-hydrogen) atoms. The minimum absolute atomic E-state index is 0. The van der Waals surface area contributed by atoms with Gasteiger partial charge in [-0.1, -0.05) is 60.7 Å². The van der Waals surface area contributed by atoms with Gasteiger partial charge in [0, 0.05) is 62.2 Å². The molecule has 0 N–H and O–H groups in total. The Bertz CT molecular complexity index is 2010. The number of Topliss-reactive ketones (excluding diaryl/α,β-unsaturated/α-hetero) is 2. The fourth-order valence-electron chi connectivity index (χ4n) is 9.61. The van der Waals surface area contributed by atoms with Crippen molar-refractivity contribution in [2.45, 2.75) is 82.8 Å². The third-order valence-corrected chi connectivity index (χ3v) is 13.7. The average molecular weight is 1010 g/mol. The molecule has 4 fully saturated rings. The van der Waals surface area contributed by atoms with Crippen LogP contribution in [0, 0.1) is 23.5 Å². The molecule has 0 aromatic heterocycles. The lowest BCUT2D eigenvalue weighted by molar-refractivity contribution is 0.00119. The van der Waals surface area contributed by atoms with Crippen LogP contribution < -0.4 is 0 Å². The summed E-state index contributed by atoms with van der Waals surface area (Å²) in [5, 5.41) is 0. The lowest BCUT2D eigenvalue weighted by atomic mass is 9.88. The topological polar surface area (TPSA) is 109 Å². The van der Waals surface area contributed by atoms with Crippen molar-refractivity contribution in [3.63, 3.8) is 0 Å². The molecule has 0 spiro atoms. The van der Waals surface area contributed by atoms with E-state index in [1.54, 1.807) is 29.2 Å². The van der Waals surface area contributed by atoms with Crippen LogP contribution in [0.25, 0.3) is 0 Å². The van der Waals surface area contributed by atoms with Crippen molar-refractivity contribution in [3.8, 4) is 0 Å². The van der Waals surface area contributed by atoms with Gasteiger partial charge in [-0.05, 0) is 156 Å². The van der Waals surface area contributed by atoms with Gasteiger partial charge in [-0.3, -0.25) is 19.4 Å². The highest BCUT2D eigenvalue weighted by Crippen LogP contribution is 2.25. The first-order valence-corrected chi connectivity index (χ1v) is 24.8. The number of carbonyl (C=O) groups is 4. The number of ether oxygens (including phenoxy) is 3. The normalized spacial score (nSPS) is 17.9. The van der Waals surface area contributed by atoms with Gasteiger partial charge in [-0.15, -0.1) is 24.8 Å². The van der Waals surface area contributed by atoms with E-state index in [2.05, 4.69) is 34.1 Å². The second-order valence-electron chi connectivity index (χ2n) is 18.6. The standard InChI is InChI=1S/C28H35FN2O3.C27H33FN2O4.2ClH/c29-25-12-10-23(11-13-25)27(32)24-15-19-30(20-16-24)21-26(14-9-22-7-3-1-4-8-22)34-28(33)31-17-5-2-6-18-31;28-24-9-7-22(8-10-24)26(31)23-12-14-29(15-13-23)20-25(11-6-21-4-2-1-3-5-21)34-27(32)30-16-18-33-19-17-30;;/h1,3-4,7-8,10-13,24,26H,2,5-6,9,14-21H2;1-5,7-10,23,25H,6,11-20H2;2*1H. The number of carbonyl (C=O) groups excluding carboxylic acids is 4. The number of benzene rings is 4. The summed E-state index contributed by atoms with van der Waals surface area (Å²) in [5.41, 5.74) is 3.61. The van der Waals surface area contributed by atoms with Gasteiger partial charge in [-0.25, -0.2) is 18.4 Å². The Labute approximate surface area is 425 Å². The van der Waals surface area contributed by atoms with E-state index >= 15 is 0 Å². The summed E-state index contributed by atoms with van der Waals surface area (Å²) in [7, 11) is 0. The molecule has 8 rings (SSSR count). The highest BCUT2D eigenvalue weighted by Gasteiger charge is 2.31. The molecule has 11 nitrogen and oxygen atoms in total. The Morgan fingerprint density at radius 3 is 1.26 bits per heavy atom. The molecule has 0 bridgehead atoms. The van der Waals surface area contributed by atoms with Gasteiger partial charge in [0.15, 0.2) is 11.6 Å². The predicted octanol–water partition coefficient (Wildman–Crippen LogP) is 10.4. The molecule has 15 heteroatoms. The molecule has 4 aliphatic heterocycles. The molecular formula is C55H70Cl2F2N4O7. The van der Waals surface area contributed by atoms with Crippen LogP contribution in [-0.2, 0) is 27.1 Å². The van der Waals surface area contributed by atoms with Crippen molar-refractivity contribution in [2.75, 3.05) is 78.7 Å². The van der Waals surface area contributed by atoms with E-state index in [0.717, 1.165) is 103 Å². The maximum absolute atomic E-state index is 13.2. The number of aryl methyl sites for hydroxylation is 2. The van der Waals surface area contributed by atoms with Crippen molar-refractivity contribution in [1.29, 1.82) is 0 Å². The zero-order chi connectivity index (χ0) is 47.5. The molecule has 2 amide bonds. The lowest BCUT2D eigenvalue weighted by Gasteiger charge is -2.34. The van der Waals surface area contributed by atoms with Crippen LogP contribution >= 0.6 is 24.8 Å². The maximum atomic E-state index is 13.2. The number of ketones is 2. The summed E-state index contributed by atoms with van der Waals surface area (Å²) in [5.74, 6) is -0.580. The monoisotopic (exact) mass is 1010 g/mol. The number of likely N-dealkylation sites (tertiary alicyclic amines) is 3. The van der Waals surface area contributed by atoms with Crippen molar-refractivity contribution in [3.05, 3.63) is 143 Å². The van der Waals surface area contributed by atoms with Gasteiger partial charge in [-0.2, -0.15) is 0 Å². The highest BCUT2D eigenvalue weighted by molar-refractivity contribution is 5.98. The minimum Gasteiger partial charge on any atom is -0.445 e. The van der Waals surface area contributed by atoms with E-state index in [1.807, 2.05) is 41.3 Å². The largest absolute Gasteiger partial charge is 0.445 e. The summed E-state index contributed by atoms with van der Waals surface area (Å²) in [6.07, 6.45) is 8.62. The van der Waals surface area contributed by atoms with Crippen LogP contribution in [0.2, 0.25) is 0 Å². The number of morpholine rings is 1. The number of amides is 2. The highest BCUT2D eigenvalue weighted by atomic mass is 35.5. The van der Waals surface area contributed by atoms with Crippen molar-refractivity contribution in [1.82, 2.24) is 19.6 Å². The Hall–Kier alpha value is -4.92. The minimum atomic E-state index is -0.334. The smallest absolute Gasteiger partial charge is 0.410 e. The number of hydrogen-bond donors (Lipinski definition) is 0. The summed E-state index contributed by atoms with van der Waals surface area (Å²) in [4.78, 5) is 59.3. The zero-order valence-corrected chi connectivity index (χ0v) is 41.8. The van der Waals surface area contributed by atoms with E-state index in [-0.39, 0.29) is 84.2 Å². The summed E-state index contributed by atoms with van der Waals surface area (Å²) >= 11 is 0. The van der Waals surface area contributed by atoms with Crippen LogP contribution in [0.1, 0.15) is 89.6 Å². The number of nitrogens with zero attached hydrogens (tertiary/aromatic N) is 4. The van der Waals surface area contributed by atoms with Crippen LogP contribution in [-0.4, -0.2) is 134 Å². The molecule has 4 aliphatic rings. The first kappa shape index (κ1) is 56.0. The van der Waals surface area contributed by atoms with Gasteiger partial charge in [0.1, 0.15) is 23.8 Å². The number of halogens is 4. The third kappa shape index (κ3) is 17.7. The van der Waals surface area contributed by atoms with Crippen LogP contribution in [0.15, 0.2) is 109 Å². The molecule has 0 radical (unpaired) electrons. The van der Waals surface area contributed by atoms with E-state index < -0.39 is 0 Å².